The third kappa shape index (κ3) is 9.60. The molecule has 0 saturated carbocycles. The van der Waals surface area contributed by atoms with Crippen LogP contribution in [0.25, 0.3) is 11.1 Å². The van der Waals surface area contributed by atoms with E-state index in [4.69, 9.17) is 14.4 Å². The molecule has 6 aromatic carbocycles. The van der Waals surface area contributed by atoms with E-state index in [0.29, 0.717) is 6.42 Å². The van der Waals surface area contributed by atoms with Crippen molar-refractivity contribution in [1.29, 1.82) is 0 Å². The molecule has 0 fully saturated rings. The first-order chi connectivity index (χ1) is 29.4. The highest BCUT2D eigenvalue weighted by Crippen LogP contribution is 2.47. The minimum atomic E-state index is 0.210. The molecule has 6 heteroatoms. The van der Waals surface area contributed by atoms with Crippen LogP contribution in [0.3, 0.4) is 0 Å². The molecular weight excluding hydrogens is 763 g/mol. The lowest BCUT2D eigenvalue weighted by molar-refractivity contribution is 0.397. The maximum Gasteiger partial charge on any atom is 0.158 e. The quantitative estimate of drug-likeness (QED) is 0.0896. The Kier molecular flexibility index (Phi) is 14.0. The minimum absolute atomic E-state index is 0.210. The van der Waals surface area contributed by atoms with E-state index in [1.807, 2.05) is 7.05 Å². The van der Waals surface area contributed by atoms with Gasteiger partial charge < -0.3 is 19.7 Å². The number of anilines is 3. The number of aryl methyl sites for hydroxylation is 8. The summed E-state index contributed by atoms with van der Waals surface area (Å²) in [6.45, 7) is 30.7. The summed E-state index contributed by atoms with van der Waals surface area (Å²) in [7, 11) is 3.75. The lowest BCUT2D eigenvalue weighted by Gasteiger charge is -2.28. The van der Waals surface area contributed by atoms with E-state index in [-0.39, 0.29) is 11.8 Å². The van der Waals surface area contributed by atoms with Crippen LogP contribution in [-0.4, -0.2) is 14.2 Å². The van der Waals surface area contributed by atoms with Crippen LogP contribution in [0.2, 0.25) is 0 Å². The van der Waals surface area contributed by atoms with Crippen molar-refractivity contribution in [2.45, 2.75) is 122 Å². The molecule has 326 valence electrons. The molecule has 62 heavy (non-hydrogen) atoms. The Morgan fingerprint density at radius 1 is 0.452 bits per heavy atom. The lowest BCUT2D eigenvalue weighted by Crippen LogP contribution is -2.16. The molecule has 0 unspecified atom stereocenters. The molecular formula is C56H69N3O3. The van der Waals surface area contributed by atoms with Gasteiger partial charge in [-0.15, -0.1) is 0 Å². The van der Waals surface area contributed by atoms with Crippen LogP contribution in [-0.2, 0) is 12.8 Å². The molecule has 0 saturated heterocycles. The van der Waals surface area contributed by atoms with E-state index in [0.717, 1.165) is 74.1 Å². The molecule has 0 atom stereocenters. The molecule has 0 aromatic heterocycles. The molecule has 0 aliphatic heterocycles. The van der Waals surface area contributed by atoms with Gasteiger partial charge in [0.2, 0.25) is 0 Å². The van der Waals surface area contributed by atoms with Crippen molar-refractivity contribution in [3.63, 3.8) is 0 Å². The fraction of sp³-hybridized carbons (Fsp3) is 0.357. The van der Waals surface area contributed by atoms with Crippen molar-refractivity contribution < 1.29 is 14.4 Å². The highest BCUT2D eigenvalue weighted by molar-refractivity contribution is 5.94. The third-order valence-electron chi connectivity index (χ3n) is 12.5. The monoisotopic (exact) mass is 832 g/mol. The largest absolute Gasteiger partial charge is 0.496 e. The summed E-state index contributed by atoms with van der Waals surface area (Å²) in [5.41, 5.74) is 31.4. The molecule has 0 aliphatic carbocycles. The van der Waals surface area contributed by atoms with Crippen molar-refractivity contribution >= 4 is 17.1 Å². The summed E-state index contributed by atoms with van der Waals surface area (Å²) < 4.78 is 5.92. The first-order valence-electron chi connectivity index (χ1n) is 22.2. The average Bonchev–Trinajstić information content (AvgIpc) is 3.19. The Morgan fingerprint density at radius 2 is 0.871 bits per heavy atom. The van der Waals surface area contributed by atoms with Gasteiger partial charge in [0, 0.05) is 47.8 Å². The SMILES string of the molecule is CNc1c(C)cc(C)cc1Cc1cc(C)ccc1ONc1c(C(C)C)cc(C)c(C)c1-c1c(C)c(C)cc(C(C)C)c1NOc1ccc(C)cc1Cc1cc(C)cc(C)c1OC. The van der Waals surface area contributed by atoms with E-state index in [1.54, 1.807) is 7.11 Å². The smallest absolute Gasteiger partial charge is 0.158 e. The van der Waals surface area contributed by atoms with Crippen molar-refractivity contribution in [3.05, 3.63) is 162 Å². The zero-order valence-electron chi connectivity index (χ0n) is 40.2. The van der Waals surface area contributed by atoms with Crippen LogP contribution in [0.5, 0.6) is 17.2 Å². The number of nitrogens with one attached hydrogen (secondary N) is 3. The number of rotatable bonds is 15. The van der Waals surface area contributed by atoms with Crippen molar-refractivity contribution in [2.24, 2.45) is 0 Å². The highest BCUT2D eigenvalue weighted by Gasteiger charge is 2.26. The number of hydrogen-bond acceptors (Lipinski definition) is 6. The van der Waals surface area contributed by atoms with Crippen molar-refractivity contribution in [1.82, 2.24) is 0 Å². The zero-order valence-corrected chi connectivity index (χ0v) is 40.2. The van der Waals surface area contributed by atoms with Gasteiger partial charge in [-0.25, -0.2) is 11.0 Å². The molecule has 3 N–H and O–H groups in total. The van der Waals surface area contributed by atoms with Crippen LogP contribution in [0.15, 0.2) is 72.8 Å². The Morgan fingerprint density at radius 3 is 1.31 bits per heavy atom. The second-order valence-corrected chi connectivity index (χ2v) is 18.2. The fourth-order valence-electron chi connectivity index (χ4n) is 9.17. The molecule has 0 bridgehead atoms. The van der Waals surface area contributed by atoms with Gasteiger partial charge in [0.1, 0.15) is 5.75 Å². The normalized spacial score (nSPS) is 11.3. The second-order valence-electron chi connectivity index (χ2n) is 18.2. The van der Waals surface area contributed by atoms with Gasteiger partial charge in [-0.3, -0.25) is 0 Å². The van der Waals surface area contributed by atoms with Gasteiger partial charge in [-0.05, 0) is 149 Å². The molecule has 0 amide bonds. The van der Waals surface area contributed by atoms with Gasteiger partial charge in [0.15, 0.2) is 11.5 Å². The standard InChI is InChI=1S/C56H69N3O3/c1-31(2)47-27-37(9)41(13)51(54(47)58-61-49-19-17-33(5)23-43(49)29-45-25-35(7)21-39(11)53(45)57-15)52-42(14)38(10)28-48(32(3)4)55(52)59-62-50-20-18-34(6)24-44(50)30-46-26-36(8)22-40(12)56(46)60-16/h17-28,31-32,57-59H,29-30H2,1-16H3. The van der Waals surface area contributed by atoms with Gasteiger partial charge in [0.05, 0.1) is 18.5 Å². The lowest BCUT2D eigenvalue weighted by atomic mass is 9.83. The van der Waals surface area contributed by atoms with E-state index in [9.17, 15) is 0 Å². The Balaban J connectivity index is 1.48. The van der Waals surface area contributed by atoms with Gasteiger partial charge >= 0.3 is 0 Å². The van der Waals surface area contributed by atoms with E-state index in [1.165, 1.54) is 66.8 Å². The summed E-state index contributed by atoms with van der Waals surface area (Å²) in [5, 5.41) is 3.46. The van der Waals surface area contributed by atoms with Crippen molar-refractivity contribution in [2.75, 3.05) is 30.4 Å². The fourth-order valence-corrected chi connectivity index (χ4v) is 9.17. The van der Waals surface area contributed by atoms with Gasteiger partial charge in [-0.1, -0.05) is 111 Å². The Labute approximate surface area is 372 Å². The maximum atomic E-state index is 6.84. The predicted octanol–water partition coefficient (Wildman–Crippen LogP) is 14.7. The van der Waals surface area contributed by atoms with Gasteiger partial charge in [0.25, 0.3) is 0 Å². The second kappa shape index (κ2) is 19.0. The molecule has 0 radical (unpaired) electrons. The predicted molar refractivity (Wildman–Crippen MR) is 263 cm³/mol. The van der Waals surface area contributed by atoms with E-state index < -0.39 is 0 Å². The first kappa shape index (κ1) is 45.6. The molecule has 6 rings (SSSR count). The summed E-state index contributed by atoms with van der Waals surface area (Å²) >= 11 is 0. The number of benzene rings is 6. The van der Waals surface area contributed by atoms with Gasteiger partial charge in [-0.2, -0.15) is 0 Å². The van der Waals surface area contributed by atoms with Crippen LogP contribution in [0, 0.1) is 69.2 Å². The molecule has 0 aliphatic rings. The highest BCUT2D eigenvalue weighted by atomic mass is 16.6. The summed E-state index contributed by atoms with van der Waals surface area (Å²) in [6.07, 6.45) is 1.40. The van der Waals surface area contributed by atoms with Crippen molar-refractivity contribution in [3.8, 4) is 28.4 Å². The number of hydrogen-bond donors (Lipinski definition) is 3. The number of ether oxygens (including phenoxy) is 1. The summed E-state index contributed by atoms with van der Waals surface area (Å²) in [5.74, 6) is 2.91. The maximum absolute atomic E-state index is 6.84. The molecule has 0 spiro atoms. The minimum Gasteiger partial charge on any atom is -0.496 e. The molecule has 6 nitrogen and oxygen atoms in total. The average molecular weight is 832 g/mol. The van der Waals surface area contributed by atoms with Crippen LogP contribution in [0.1, 0.15) is 129 Å². The number of methoxy groups -OCH3 is 1. The Hall–Kier alpha value is -5.88. The third-order valence-corrected chi connectivity index (χ3v) is 12.5. The zero-order chi connectivity index (χ0) is 45.2. The summed E-state index contributed by atoms with van der Waals surface area (Å²) in [4.78, 5) is 13.7. The van der Waals surface area contributed by atoms with E-state index >= 15 is 0 Å². The van der Waals surface area contributed by atoms with E-state index in [2.05, 4.69) is 186 Å². The Bertz CT molecular complexity index is 2440. The summed E-state index contributed by atoms with van der Waals surface area (Å²) in [6, 6.07) is 26.4. The molecule has 0 heterocycles. The first-order valence-corrected chi connectivity index (χ1v) is 22.2. The topological polar surface area (TPSA) is 63.8 Å². The van der Waals surface area contributed by atoms with Crippen LogP contribution < -0.4 is 30.7 Å². The molecule has 6 aromatic rings. The van der Waals surface area contributed by atoms with Crippen LogP contribution >= 0.6 is 0 Å². The van der Waals surface area contributed by atoms with Crippen LogP contribution in [0.4, 0.5) is 17.1 Å².